The molecule has 0 radical (unpaired) electrons. The van der Waals surface area contributed by atoms with Gasteiger partial charge in [0.2, 0.25) is 0 Å². The fourth-order valence-electron chi connectivity index (χ4n) is 2.97. The second-order valence-electron chi connectivity index (χ2n) is 6.87. The summed E-state index contributed by atoms with van der Waals surface area (Å²) in [5, 5.41) is 8.94. The maximum absolute atomic E-state index is 13.9. The molecular formula is C23H29FO3. The zero-order chi connectivity index (χ0) is 19.5. The number of hydrogen-bond donors (Lipinski definition) is 1. The molecule has 1 atom stereocenters. The standard InChI is InChI=1S/C23H29FO3/c1-2-3-4-5-6-7-8-21(24)17-27-22-15-13-19(14-16-22)18-9-11-20(12-10-18)23(25)26/h9-16,21H,2-8,17H2,1H3,(H,25,26). The smallest absolute Gasteiger partial charge is 0.335 e. The van der Waals surface area contributed by atoms with Gasteiger partial charge in [0.1, 0.15) is 18.5 Å². The summed E-state index contributed by atoms with van der Waals surface area (Å²) in [7, 11) is 0. The summed E-state index contributed by atoms with van der Waals surface area (Å²) in [5.41, 5.74) is 2.15. The molecule has 0 aliphatic heterocycles. The molecule has 2 aromatic rings. The number of carboxylic acids is 1. The van der Waals surface area contributed by atoms with Crippen molar-refractivity contribution < 1.29 is 19.0 Å². The summed E-state index contributed by atoms with van der Waals surface area (Å²) in [5.74, 6) is -0.293. The molecule has 0 bridgehead atoms. The van der Waals surface area contributed by atoms with Gasteiger partial charge in [-0.3, -0.25) is 0 Å². The van der Waals surface area contributed by atoms with Crippen molar-refractivity contribution in [1.82, 2.24) is 0 Å². The second-order valence-corrected chi connectivity index (χ2v) is 6.87. The molecule has 4 heteroatoms. The first-order chi connectivity index (χ1) is 13.1. The van der Waals surface area contributed by atoms with Crippen LogP contribution in [0.15, 0.2) is 48.5 Å². The van der Waals surface area contributed by atoms with Crippen LogP contribution in [-0.2, 0) is 0 Å². The summed E-state index contributed by atoms with van der Waals surface area (Å²) >= 11 is 0. The van der Waals surface area contributed by atoms with Gasteiger partial charge in [0.15, 0.2) is 0 Å². The fourth-order valence-corrected chi connectivity index (χ4v) is 2.97. The Labute approximate surface area is 161 Å². The number of rotatable bonds is 12. The first-order valence-electron chi connectivity index (χ1n) is 9.81. The van der Waals surface area contributed by atoms with Crippen molar-refractivity contribution in [2.45, 2.75) is 58.0 Å². The molecule has 3 nitrogen and oxygen atoms in total. The number of unbranched alkanes of at least 4 members (excludes halogenated alkanes) is 5. The molecule has 146 valence electrons. The van der Waals surface area contributed by atoms with Gasteiger partial charge in [-0.15, -0.1) is 0 Å². The number of alkyl halides is 1. The number of halogens is 1. The molecule has 27 heavy (non-hydrogen) atoms. The molecule has 0 aliphatic rings. The van der Waals surface area contributed by atoms with Crippen LogP contribution in [0.3, 0.4) is 0 Å². The van der Waals surface area contributed by atoms with Crippen LogP contribution in [0.1, 0.15) is 62.2 Å². The maximum atomic E-state index is 13.9. The Morgan fingerprint density at radius 1 is 0.926 bits per heavy atom. The molecule has 0 amide bonds. The predicted molar refractivity (Wildman–Crippen MR) is 107 cm³/mol. The molecule has 0 spiro atoms. The van der Waals surface area contributed by atoms with Gasteiger partial charge < -0.3 is 9.84 Å². The Morgan fingerprint density at radius 2 is 1.48 bits per heavy atom. The minimum Gasteiger partial charge on any atom is -0.491 e. The molecule has 0 aromatic heterocycles. The van der Waals surface area contributed by atoms with Gasteiger partial charge in [0.05, 0.1) is 5.56 Å². The van der Waals surface area contributed by atoms with Crippen LogP contribution in [0.2, 0.25) is 0 Å². The van der Waals surface area contributed by atoms with Gasteiger partial charge in [0, 0.05) is 0 Å². The van der Waals surface area contributed by atoms with Crippen molar-refractivity contribution in [1.29, 1.82) is 0 Å². The van der Waals surface area contributed by atoms with E-state index in [9.17, 15) is 9.18 Å². The number of carboxylic acid groups (broad SMARTS) is 1. The Hall–Kier alpha value is -2.36. The van der Waals surface area contributed by atoms with Crippen LogP contribution in [0.25, 0.3) is 11.1 Å². The zero-order valence-electron chi connectivity index (χ0n) is 16.0. The number of carbonyl (C=O) groups is 1. The monoisotopic (exact) mass is 372 g/mol. The summed E-state index contributed by atoms with van der Waals surface area (Å²) in [6.07, 6.45) is 6.56. The van der Waals surface area contributed by atoms with Gasteiger partial charge in [-0.1, -0.05) is 69.7 Å². The number of aromatic carboxylic acids is 1. The highest BCUT2D eigenvalue weighted by Gasteiger charge is 2.08. The van der Waals surface area contributed by atoms with Gasteiger partial charge in [-0.2, -0.15) is 0 Å². The van der Waals surface area contributed by atoms with Gasteiger partial charge >= 0.3 is 5.97 Å². The van der Waals surface area contributed by atoms with E-state index in [1.807, 2.05) is 24.3 Å². The third-order valence-corrected chi connectivity index (χ3v) is 4.62. The van der Waals surface area contributed by atoms with E-state index in [0.29, 0.717) is 12.2 Å². The molecule has 0 saturated carbocycles. The van der Waals surface area contributed by atoms with E-state index in [2.05, 4.69) is 6.92 Å². The van der Waals surface area contributed by atoms with Crippen molar-refractivity contribution in [2.24, 2.45) is 0 Å². The van der Waals surface area contributed by atoms with E-state index in [1.165, 1.54) is 25.7 Å². The van der Waals surface area contributed by atoms with Crippen LogP contribution < -0.4 is 4.74 Å². The third kappa shape index (κ3) is 7.41. The molecule has 0 aliphatic carbocycles. The Kier molecular flexibility index (Phi) is 8.82. The molecule has 0 heterocycles. The second kappa shape index (κ2) is 11.4. The summed E-state index contributed by atoms with van der Waals surface area (Å²) in [4.78, 5) is 10.9. The fraction of sp³-hybridized carbons (Fsp3) is 0.435. The van der Waals surface area contributed by atoms with E-state index in [1.54, 1.807) is 24.3 Å². The predicted octanol–water partition coefficient (Wildman–Crippen LogP) is 6.52. The lowest BCUT2D eigenvalue weighted by molar-refractivity contribution is 0.0697. The Bertz CT molecular complexity index is 680. The van der Waals surface area contributed by atoms with Crippen LogP contribution in [0, 0.1) is 0 Å². The van der Waals surface area contributed by atoms with Crippen molar-refractivity contribution in [3.63, 3.8) is 0 Å². The topological polar surface area (TPSA) is 46.5 Å². The molecule has 0 fully saturated rings. The van der Waals surface area contributed by atoms with Gasteiger partial charge in [-0.05, 0) is 41.8 Å². The minimum atomic E-state index is -0.938. The molecular weight excluding hydrogens is 343 g/mol. The van der Waals surface area contributed by atoms with Crippen molar-refractivity contribution in [3.8, 4) is 16.9 Å². The highest BCUT2D eigenvalue weighted by molar-refractivity contribution is 5.88. The Morgan fingerprint density at radius 3 is 2.07 bits per heavy atom. The molecule has 2 aromatic carbocycles. The first kappa shape index (κ1) is 20.9. The number of benzene rings is 2. The third-order valence-electron chi connectivity index (χ3n) is 4.62. The average molecular weight is 372 g/mol. The maximum Gasteiger partial charge on any atom is 0.335 e. The lowest BCUT2D eigenvalue weighted by atomic mass is 10.0. The average Bonchev–Trinajstić information content (AvgIpc) is 2.69. The normalized spacial score (nSPS) is 11.9. The molecule has 1 unspecified atom stereocenters. The van der Waals surface area contributed by atoms with E-state index >= 15 is 0 Å². The molecule has 1 N–H and O–H groups in total. The first-order valence-corrected chi connectivity index (χ1v) is 9.81. The summed E-state index contributed by atoms with van der Waals surface area (Å²) in [6.45, 7) is 2.28. The van der Waals surface area contributed by atoms with Crippen molar-refractivity contribution in [2.75, 3.05) is 6.61 Å². The lowest BCUT2D eigenvalue weighted by Crippen LogP contribution is -2.12. The minimum absolute atomic E-state index is 0.0849. The van der Waals surface area contributed by atoms with Crippen molar-refractivity contribution >= 4 is 5.97 Å². The van der Waals surface area contributed by atoms with Crippen LogP contribution in [-0.4, -0.2) is 23.9 Å². The van der Waals surface area contributed by atoms with E-state index < -0.39 is 12.1 Å². The van der Waals surface area contributed by atoms with Gasteiger partial charge in [0.25, 0.3) is 0 Å². The number of hydrogen-bond acceptors (Lipinski definition) is 2. The van der Waals surface area contributed by atoms with E-state index in [4.69, 9.17) is 9.84 Å². The number of ether oxygens (including phenoxy) is 1. The van der Waals surface area contributed by atoms with E-state index in [-0.39, 0.29) is 12.2 Å². The highest BCUT2D eigenvalue weighted by Crippen LogP contribution is 2.23. The van der Waals surface area contributed by atoms with Crippen LogP contribution in [0.4, 0.5) is 4.39 Å². The molecule has 2 rings (SSSR count). The van der Waals surface area contributed by atoms with Crippen molar-refractivity contribution in [3.05, 3.63) is 54.1 Å². The quantitative estimate of drug-likeness (QED) is 0.431. The summed E-state index contributed by atoms with van der Waals surface area (Å²) in [6, 6.07) is 14.1. The van der Waals surface area contributed by atoms with Crippen LogP contribution in [0.5, 0.6) is 5.75 Å². The molecule has 0 saturated heterocycles. The van der Waals surface area contributed by atoms with E-state index in [0.717, 1.165) is 24.0 Å². The van der Waals surface area contributed by atoms with Gasteiger partial charge in [-0.25, -0.2) is 9.18 Å². The Balaban J connectivity index is 1.74. The van der Waals surface area contributed by atoms with Crippen LogP contribution >= 0.6 is 0 Å². The SMILES string of the molecule is CCCCCCCCC(F)COc1ccc(-c2ccc(C(=O)O)cc2)cc1. The summed E-state index contributed by atoms with van der Waals surface area (Å²) < 4.78 is 19.5. The zero-order valence-corrected chi connectivity index (χ0v) is 16.0. The lowest BCUT2D eigenvalue weighted by Gasteiger charge is -2.11. The largest absolute Gasteiger partial charge is 0.491 e. The highest BCUT2D eigenvalue weighted by atomic mass is 19.1.